The van der Waals surface area contributed by atoms with E-state index in [1.54, 1.807) is 7.11 Å². The number of rotatable bonds is 5. The van der Waals surface area contributed by atoms with Gasteiger partial charge in [0.25, 0.3) is 0 Å². The molecule has 2 nitrogen and oxygen atoms in total. The first kappa shape index (κ1) is 13.1. The molecule has 0 aliphatic rings. The molecule has 0 radical (unpaired) electrons. The number of halogens is 2. The van der Waals surface area contributed by atoms with Gasteiger partial charge in [-0.2, -0.15) is 0 Å². The minimum absolute atomic E-state index is 0.0943. The van der Waals surface area contributed by atoms with Crippen LogP contribution < -0.4 is 0 Å². The van der Waals surface area contributed by atoms with E-state index in [1.165, 1.54) is 18.2 Å². The first-order chi connectivity index (χ1) is 7.54. The molecular formula is C12H14ClFO2. The van der Waals surface area contributed by atoms with E-state index >= 15 is 0 Å². The predicted molar refractivity (Wildman–Crippen MR) is 61.4 cm³/mol. The van der Waals surface area contributed by atoms with Gasteiger partial charge in [-0.3, -0.25) is 4.79 Å². The van der Waals surface area contributed by atoms with Crippen LogP contribution in [0.4, 0.5) is 4.39 Å². The monoisotopic (exact) mass is 244 g/mol. The number of benzene rings is 1. The molecule has 16 heavy (non-hydrogen) atoms. The molecule has 0 fully saturated rings. The summed E-state index contributed by atoms with van der Waals surface area (Å²) in [6, 6.07) is 3.80. The second-order valence-corrected chi connectivity index (χ2v) is 4.22. The van der Waals surface area contributed by atoms with Crippen LogP contribution in [0.2, 0.25) is 5.02 Å². The topological polar surface area (TPSA) is 26.3 Å². The highest BCUT2D eigenvalue weighted by molar-refractivity contribution is 6.33. The fraction of sp³-hybridized carbons (Fsp3) is 0.417. The van der Waals surface area contributed by atoms with Crippen molar-refractivity contribution in [1.82, 2.24) is 0 Å². The van der Waals surface area contributed by atoms with Gasteiger partial charge in [0.2, 0.25) is 0 Å². The summed E-state index contributed by atoms with van der Waals surface area (Å²) in [5, 5.41) is 0.288. The molecule has 0 spiro atoms. The maximum Gasteiger partial charge on any atom is 0.164 e. The summed E-state index contributed by atoms with van der Waals surface area (Å²) in [6.45, 7) is 2.40. The molecular weight excluding hydrogens is 231 g/mol. The van der Waals surface area contributed by atoms with Gasteiger partial charge >= 0.3 is 0 Å². The van der Waals surface area contributed by atoms with Crippen LogP contribution in [0.3, 0.4) is 0 Å². The second kappa shape index (κ2) is 5.97. The van der Waals surface area contributed by atoms with Crippen LogP contribution in [0.15, 0.2) is 18.2 Å². The zero-order valence-electron chi connectivity index (χ0n) is 9.30. The van der Waals surface area contributed by atoms with Crippen LogP contribution >= 0.6 is 11.6 Å². The van der Waals surface area contributed by atoms with Gasteiger partial charge in [0.1, 0.15) is 5.82 Å². The Kier molecular flexibility index (Phi) is 4.90. The third-order valence-corrected chi connectivity index (χ3v) is 2.54. The molecule has 0 saturated carbocycles. The Morgan fingerprint density at radius 1 is 1.56 bits per heavy atom. The van der Waals surface area contributed by atoms with Crippen molar-refractivity contribution in [3.8, 4) is 0 Å². The molecule has 1 aromatic carbocycles. The maximum absolute atomic E-state index is 13.0. The summed E-state index contributed by atoms with van der Waals surface area (Å²) in [5.41, 5.74) is 0.240. The fourth-order valence-electron chi connectivity index (χ4n) is 1.48. The lowest BCUT2D eigenvalue weighted by Gasteiger charge is -2.09. The van der Waals surface area contributed by atoms with Crippen molar-refractivity contribution in [2.45, 2.75) is 13.3 Å². The van der Waals surface area contributed by atoms with Crippen molar-refractivity contribution in [1.29, 1.82) is 0 Å². The van der Waals surface area contributed by atoms with Crippen molar-refractivity contribution in [3.05, 3.63) is 34.6 Å². The molecule has 1 aromatic rings. The maximum atomic E-state index is 13.0. The number of hydrogen-bond donors (Lipinski definition) is 0. The number of methoxy groups -OCH3 is 1. The molecule has 0 amide bonds. The van der Waals surface area contributed by atoms with E-state index in [-0.39, 0.29) is 22.3 Å². The molecule has 1 unspecified atom stereocenters. The van der Waals surface area contributed by atoms with E-state index in [4.69, 9.17) is 16.3 Å². The number of hydrogen-bond acceptors (Lipinski definition) is 2. The number of ether oxygens (including phenoxy) is 1. The summed E-state index contributed by atoms with van der Waals surface area (Å²) in [7, 11) is 1.58. The summed E-state index contributed by atoms with van der Waals surface area (Å²) in [4.78, 5) is 11.8. The Hall–Kier alpha value is -0.930. The lowest BCUT2D eigenvalue weighted by atomic mass is 10.0. The standard InChI is InChI=1S/C12H14ClFO2/c1-8(7-16-2)5-12(15)10-6-9(14)3-4-11(10)13/h3-4,6,8H,5,7H2,1-2H3. The van der Waals surface area contributed by atoms with Gasteiger partial charge < -0.3 is 4.74 Å². The Morgan fingerprint density at radius 3 is 2.88 bits per heavy atom. The van der Waals surface area contributed by atoms with Gasteiger partial charge in [0.15, 0.2) is 5.78 Å². The van der Waals surface area contributed by atoms with E-state index in [0.717, 1.165) is 0 Å². The molecule has 0 aromatic heterocycles. The van der Waals surface area contributed by atoms with Gasteiger partial charge in [-0.15, -0.1) is 0 Å². The van der Waals surface area contributed by atoms with Gasteiger partial charge in [-0.1, -0.05) is 18.5 Å². The van der Waals surface area contributed by atoms with Gasteiger partial charge in [0.05, 0.1) is 5.02 Å². The van der Waals surface area contributed by atoms with E-state index in [1.807, 2.05) is 6.92 Å². The lowest BCUT2D eigenvalue weighted by Crippen LogP contribution is -2.11. The number of ketones is 1. The summed E-state index contributed by atoms with van der Waals surface area (Å²) in [5.74, 6) is -0.516. The highest BCUT2D eigenvalue weighted by atomic mass is 35.5. The van der Waals surface area contributed by atoms with Gasteiger partial charge in [0, 0.05) is 25.7 Å². The molecule has 1 rings (SSSR count). The van der Waals surface area contributed by atoms with Crippen molar-refractivity contribution in [2.24, 2.45) is 5.92 Å². The Morgan fingerprint density at radius 2 is 2.25 bits per heavy atom. The van der Waals surface area contributed by atoms with E-state index in [9.17, 15) is 9.18 Å². The SMILES string of the molecule is COCC(C)CC(=O)c1cc(F)ccc1Cl. The smallest absolute Gasteiger partial charge is 0.164 e. The van der Waals surface area contributed by atoms with Crippen molar-refractivity contribution in [3.63, 3.8) is 0 Å². The highest BCUT2D eigenvalue weighted by Crippen LogP contribution is 2.20. The van der Waals surface area contributed by atoms with E-state index in [2.05, 4.69) is 0 Å². The quantitative estimate of drug-likeness (QED) is 0.743. The highest BCUT2D eigenvalue weighted by Gasteiger charge is 2.14. The van der Waals surface area contributed by atoms with Gasteiger partial charge in [-0.25, -0.2) is 4.39 Å². The Balaban J connectivity index is 2.76. The summed E-state index contributed by atoms with van der Waals surface area (Å²) in [6.07, 6.45) is 0.303. The molecule has 0 aliphatic heterocycles. The minimum Gasteiger partial charge on any atom is -0.384 e. The summed E-state index contributed by atoms with van der Waals surface area (Å²) < 4.78 is 17.9. The molecule has 4 heteroatoms. The van der Waals surface area contributed by atoms with Crippen molar-refractivity contribution < 1.29 is 13.9 Å². The number of carbonyl (C=O) groups excluding carboxylic acids is 1. The molecule has 0 N–H and O–H groups in total. The molecule has 0 bridgehead atoms. The van der Waals surface area contributed by atoms with Crippen LogP contribution in [-0.4, -0.2) is 19.5 Å². The summed E-state index contributed by atoms with van der Waals surface area (Å²) >= 11 is 5.83. The molecule has 0 aliphatic carbocycles. The Labute approximate surface area is 99.4 Å². The average molecular weight is 245 g/mol. The molecule has 0 saturated heterocycles. The van der Waals surface area contributed by atoms with Crippen molar-refractivity contribution >= 4 is 17.4 Å². The third kappa shape index (κ3) is 3.58. The van der Waals surface area contributed by atoms with Crippen LogP contribution in [-0.2, 0) is 4.74 Å². The van der Waals surface area contributed by atoms with Crippen LogP contribution in [0.1, 0.15) is 23.7 Å². The van der Waals surface area contributed by atoms with E-state index < -0.39 is 5.82 Å². The fourth-order valence-corrected chi connectivity index (χ4v) is 1.70. The molecule has 0 heterocycles. The second-order valence-electron chi connectivity index (χ2n) is 3.81. The minimum atomic E-state index is -0.452. The first-order valence-corrected chi connectivity index (χ1v) is 5.39. The third-order valence-electron chi connectivity index (χ3n) is 2.21. The van der Waals surface area contributed by atoms with Crippen LogP contribution in [0, 0.1) is 11.7 Å². The number of carbonyl (C=O) groups is 1. The van der Waals surface area contributed by atoms with Crippen LogP contribution in [0.25, 0.3) is 0 Å². The lowest BCUT2D eigenvalue weighted by molar-refractivity contribution is 0.0920. The largest absolute Gasteiger partial charge is 0.384 e. The predicted octanol–water partition coefficient (Wildman–Crippen LogP) is 3.33. The zero-order valence-corrected chi connectivity index (χ0v) is 10.1. The van der Waals surface area contributed by atoms with Gasteiger partial charge in [-0.05, 0) is 24.1 Å². The van der Waals surface area contributed by atoms with Crippen molar-refractivity contribution in [2.75, 3.05) is 13.7 Å². The van der Waals surface area contributed by atoms with E-state index in [0.29, 0.717) is 13.0 Å². The van der Waals surface area contributed by atoms with Crippen LogP contribution in [0.5, 0.6) is 0 Å². The normalized spacial score (nSPS) is 12.5. The number of Topliss-reactive ketones (excluding diaryl/α,β-unsaturated/α-hetero) is 1. The zero-order chi connectivity index (χ0) is 12.1. The first-order valence-electron chi connectivity index (χ1n) is 5.01. The average Bonchev–Trinajstić information content (AvgIpc) is 2.21. The molecule has 88 valence electrons. The Bertz CT molecular complexity index is 379. The molecule has 1 atom stereocenters.